The zero-order valence-corrected chi connectivity index (χ0v) is 11.1. The molecule has 0 amide bonds. The second-order valence-corrected chi connectivity index (χ2v) is 6.75. The van der Waals surface area contributed by atoms with E-state index in [1.807, 2.05) is 0 Å². The van der Waals surface area contributed by atoms with Gasteiger partial charge in [-0.2, -0.15) is 0 Å². The van der Waals surface area contributed by atoms with Gasteiger partial charge in [-0.3, -0.25) is 4.57 Å². The van der Waals surface area contributed by atoms with Crippen molar-refractivity contribution in [3.8, 4) is 0 Å². The lowest BCUT2D eigenvalue weighted by Gasteiger charge is -1.80. The summed E-state index contributed by atoms with van der Waals surface area (Å²) < 4.78 is 9.30. The lowest BCUT2D eigenvalue weighted by atomic mass is 10.4. The highest BCUT2D eigenvalue weighted by Gasteiger charge is 2.02. The Morgan fingerprint density at radius 1 is 1.40 bits per heavy atom. The summed E-state index contributed by atoms with van der Waals surface area (Å²) in [4.78, 5) is 17.2. The summed E-state index contributed by atoms with van der Waals surface area (Å²) >= 11 is 8.81. The number of halogens is 2. The summed E-state index contributed by atoms with van der Waals surface area (Å²) in [5, 5.41) is 15.9. The second-order valence-electron chi connectivity index (χ2n) is 2.61. The fourth-order valence-corrected chi connectivity index (χ4v) is 0. The highest BCUT2D eigenvalue weighted by Crippen LogP contribution is 2.51. The Morgan fingerprint density at radius 3 is 1.47 bits per heavy atom. The van der Waals surface area contributed by atoms with Gasteiger partial charge in [0.2, 0.25) is 0 Å². The van der Waals surface area contributed by atoms with Crippen LogP contribution in [-0.2, 0) is 9.36 Å². The molecule has 0 aromatic heterocycles. The molecule has 0 fully saturated rings. The predicted molar refractivity (Wildman–Crippen MR) is 61.3 cm³/mol. The van der Waals surface area contributed by atoms with Crippen LogP contribution in [0.25, 0.3) is 0 Å². The molecule has 0 bridgehead atoms. The number of aliphatic hydroxyl groups excluding tert-OH is 1. The van der Waals surface area contributed by atoms with Crippen LogP contribution in [0.2, 0.25) is 0 Å². The minimum absolute atomic E-state index is 0.167. The summed E-state index contributed by atoms with van der Waals surface area (Å²) in [6, 6.07) is 0. The van der Waals surface area contributed by atoms with E-state index in [1.54, 1.807) is 13.8 Å². The van der Waals surface area contributed by atoms with Gasteiger partial charge >= 0.3 is 12.0 Å². The monoisotopic (exact) mass is 280 g/mol. The van der Waals surface area contributed by atoms with Gasteiger partial charge in [-0.05, 0) is 43.3 Å². The van der Waals surface area contributed by atoms with Gasteiger partial charge in [0.15, 0.2) is 0 Å². The third-order valence-corrected chi connectivity index (χ3v) is 0.365. The smallest absolute Gasteiger partial charge is 0.377 e. The molecule has 0 aliphatic heterocycles. The predicted octanol–water partition coefficient (Wildman–Crippen LogP) is 2.60. The average molecular weight is 281 g/mol. The molecule has 92 valence electrons. The number of carbonyl (C=O) groups is 1. The van der Waals surface area contributed by atoms with Crippen molar-refractivity contribution in [3.63, 3.8) is 0 Å². The molecule has 3 N–H and O–H groups in total. The van der Waals surface area contributed by atoms with Crippen molar-refractivity contribution >= 4 is 34.5 Å². The van der Waals surface area contributed by atoms with Gasteiger partial charge in [0, 0.05) is 11.7 Å². The Bertz CT molecular complexity index is 213. The maximum atomic E-state index is 9.60. The zero-order chi connectivity index (χ0) is 13.2. The van der Waals surface area contributed by atoms with Crippen molar-refractivity contribution in [2.75, 3.05) is 0 Å². The number of carboxylic acids is 1. The van der Waals surface area contributed by atoms with E-state index in [2.05, 4.69) is 29.1 Å². The van der Waals surface area contributed by atoms with Crippen molar-refractivity contribution < 1.29 is 24.5 Å². The molecule has 0 aromatic carbocycles. The van der Waals surface area contributed by atoms with E-state index in [0.29, 0.717) is 0 Å². The van der Waals surface area contributed by atoms with Crippen molar-refractivity contribution in [1.82, 2.24) is 0 Å². The Hall–Kier alpha value is -0.0600. The molecule has 0 rings (SSSR count). The van der Waals surface area contributed by atoms with E-state index in [0.717, 1.165) is 0 Å². The first-order valence-electron chi connectivity index (χ1n) is 3.66. The molecular weight excluding hydrogens is 266 g/mol. The lowest BCUT2D eigenvalue weighted by molar-refractivity contribution is -0.132. The number of rotatable bonds is 1. The summed E-state index contributed by atoms with van der Waals surface area (Å²) in [7, 11) is 0. The number of aliphatic hydroxyl groups is 1. The molecule has 0 saturated heterocycles. The molecule has 5 nitrogen and oxygen atoms in total. The van der Waals surface area contributed by atoms with E-state index in [-0.39, 0.29) is 11.7 Å². The molecule has 0 radical (unpaired) electrons. The van der Waals surface area contributed by atoms with Gasteiger partial charge < -0.3 is 15.1 Å². The van der Waals surface area contributed by atoms with Crippen molar-refractivity contribution in [3.05, 3.63) is 12.2 Å². The van der Waals surface area contributed by atoms with Crippen LogP contribution >= 0.6 is 28.6 Å². The van der Waals surface area contributed by atoms with Crippen LogP contribution in [0, 0.1) is 0 Å². The van der Waals surface area contributed by atoms with Gasteiger partial charge in [0.05, 0.1) is 0 Å². The number of aliphatic carboxylic acids is 1. The van der Waals surface area contributed by atoms with Crippen LogP contribution in [0.15, 0.2) is 12.2 Å². The quantitative estimate of drug-likeness (QED) is 0.507. The van der Waals surface area contributed by atoms with Crippen LogP contribution in [0.3, 0.4) is 0 Å². The minimum atomic E-state index is -3.69. The van der Waals surface area contributed by atoms with Gasteiger partial charge in [-0.1, -0.05) is 6.58 Å². The summed E-state index contributed by atoms with van der Waals surface area (Å²) in [6.45, 7) is 8.05. The van der Waals surface area contributed by atoms with Crippen molar-refractivity contribution in [2.45, 2.75) is 26.9 Å². The van der Waals surface area contributed by atoms with Gasteiger partial charge in [0.1, 0.15) is 0 Å². The summed E-state index contributed by atoms with van der Waals surface area (Å²) in [5.74, 6) is -0.935. The molecular formula is C7H15Cl2O5P. The maximum Gasteiger partial charge on any atom is 0.377 e. The zero-order valence-electron chi connectivity index (χ0n) is 8.65. The van der Waals surface area contributed by atoms with Gasteiger partial charge in [0.25, 0.3) is 0 Å². The van der Waals surface area contributed by atoms with Gasteiger partial charge in [-0.25, -0.2) is 4.79 Å². The molecule has 0 saturated carbocycles. The average Bonchev–Trinajstić information content (AvgIpc) is 1.80. The van der Waals surface area contributed by atoms with E-state index in [4.69, 9.17) is 15.1 Å². The molecule has 0 aromatic rings. The molecule has 0 unspecified atom stereocenters. The van der Waals surface area contributed by atoms with Crippen LogP contribution in [0.4, 0.5) is 0 Å². The summed E-state index contributed by atoms with van der Waals surface area (Å²) in [5.41, 5.74) is 0.176. The molecule has 0 heterocycles. The number of hydrogen-bond acceptors (Lipinski definition) is 3. The van der Waals surface area contributed by atoms with E-state index >= 15 is 0 Å². The normalized spacial score (nSPS) is 9.33. The van der Waals surface area contributed by atoms with Crippen LogP contribution in [0.5, 0.6) is 0 Å². The SMILES string of the molecule is C=C(C)C(=O)O.CC(C)O.O=P(O)(Cl)Cl. The molecule has 0 aliphatic carbocycles. The maximum absolute atomic E-state index is 9.60. The highest BCUT2D eigenvalue weighted by atomic mass is 35.9. The highest BCUT2D eigenvalue weighted by molar-refractivity contribution is 8.04. The first kappa shape index (κ1) is 20.4. The van der Waals surface area contributed by atoms with Crippen molar-refractivity contribution in [1.29, 1.82) is 0 Å². The molecule has 15 heavy (non-hydrogen) atoms. The third-order valence-electron chi connectivity index (χ3n) is 0.365. The first-order chi connectivity index (χ1) is 6.37. The van der Waals surface area contributed by atoms with Crippen LogP contribution in [0.1, 0.15) is 20.8 Å². The van der Waals surface area contributed by atoms with E-state index < -0.39 is 12.0 Å². The van der Waals surface area contributed by atoms with Gasteiger partial charge in [-0.15, -0.1) is 0 Å². The molecule has 0 atom stereocenters. The Morgan fingerprint density at radius 2 is 1.47 bits per heavy atom. The minimum Gasteiger partial charge on any atom is -0.478 e. The Kier molecular flexibility index (Phi) is 14.2. The summed E-state index contributed by atoms with van der Waals surface area (Å²) in [6.07, 6.45) is -3.86. The lowest BCUT2D eigenvalue weighted by Crippen LogP contribution is -1.92. The molecule has 0 aliphatic rings. The molecule has 8 heteroatoms. The topological polar surface area (TPSA) is 94.8 Å². The fraction of sp³-hybridized carbons (Fsp3) is 0.571. The number of hydrogen-bond donors (Lipinski definition) is 3. The van der Waals surface area contributed by atoms with E-state index in [9.17, 15) is 9.36 Å². The van der Waals surface area contributed by atoms with Crippen LogP contribution in [-0.4, -0.2) is 27.2 Å². The standard InChI is InChI=1S/C4H6O2.C3H8O.Cl2HO2P/c1-3(2)4(5)6;1-3(2)4;1-5(2,3)4/h1H2,2H3,(H,5,6);3-4H,1-2H3;(H,3,4). The van der Waals surface area contributed by atoms with Crippen LogP contribution < -0.4 is 0 Å². The largest absolute Gasteiger partial charge is 0.478 e. The fourth-order valence-electron chi connectivity index (χ4n) is 0. The van der Waals surface area contributed by atoms with E-state index in [1.165, 1.54) is 6.92 Å². The first-order valence-corrected chi connectivity index (χ1v) is 7.13. The molecule has 0 spiro atoms. The van der Waals surface area contributed by atoms with Crippen molar-refractivity contribution in [2.24, 2.45) is 0 Å². The Labute approximate surface area is 98.4 Å². The Balaban J connectivity index is -0.000000147. The second kappa shape index (κ2) is 10.5. The number of carboxylic acid groups (broad SMARTS) is 1. The third kappa shape index (κ3) is 128.